The number of ether oxygens (including phenoxy) is 4. The van der Waals surface area contributed by atoms with Crippen LogP contribution >= 0.6 is 0 Å². The van der Waals surface area contributed by atoms with E-state index in [-0.39, 0.29) is 83.0 Å². The number of rotatable bonds is 32. The van der Waals surface area contributed by atoms with Crippen molar-refractivity contribution < 1.29 is 62.7 Å². The average Bonchev–Trinajstić information content (AvgIpc) is 3.07. The van der Waals surface area contributed by atoms with Gasteiger partial charge in [-0.1, -0.05) is 34.6 Å². The van der Waals surface area contributed by atoms with Gasteiger partial charge < -0.3 is 60.5 Å². The second kappa shape index (κ2) is 31.8. The highest BCUT2D eigenvalue weighted by Gasteiger charge is 2.30. The molecule has 0 rings (SSSR count). The van der Waals surface area contributed by atoms with E-state index < -0.39 is 34.7 Å². The smallest absolute Gasteiger partial charge is 0.326 e. The van der Waals surface area contributed by atoms with Gasteiger partial charge in [-0.2, -0.15) is 0 Å². The number of aliphatic carboxylic acids is 2. The zero-order valence-electron chi connectivity index (χ0n) is 32.5. The van der Waals surface area contributed by atoms with Crippen LogP contribution in [0.2, 0.25) is 0 Å². The van der Waals surface area contributed by atoms with Crippen molar-refractivity contribution in [3.05, 3.63) is 0 Å². The molecule has 53 heavy (non-hydrogen) atoms. The Hall–Kier alpha value is -3.71. The van der Waals surface area contributed by atoms with Gasteiger partial charge in [0.1, 0.15) is 25.5 Å². The van der Waals surface area contributed by atoms with E-state index in [1.54, 1.807) is 0 Å². The number of hydrogen-bond donors (Lipinski definition) is 7. The molecule has 0 spiro atoms. The second-order valence-corrected chi connectivity index (χ2v) is 13.6. The van der Waals surface area contributed by atoms with Gasteiger partial charge in [0.15, 0.2) is 0 Å². The van der Waals surface area contributed by atoms with Crippen molar-refractivity contribution in [3.63, 3.8) is 0 Å². The maximum atomic E-state index is 12.5. The maximum absolute atomic E-state index is 12.5. The topological polar surface area (TPSA) is 257 Å². The number of carbonyl (C=O) groups excluding carboxylic acids is 5. The number of carbonyl (C=O) groups is 7. The van der Waals surface area contributed by atoms with Gasteiger partial charge in [0.25, 0.3) is 0 Å². The van der Waals surface area contributed by atoms with Crippen LogP contribution in [0, 0.1) is 10.8 Å². The number of nitrogens with one attached hydrogen (secondary N) is 5. The largest absolute Gasteiger partial charge is 0.481 e. The first-order valence-electron chi connectivity index (χ1n) is 17.9. The summed E-state index contributed by atoms with van der Waals surface area (Å²) in [6.07, 6.45) is 2.29. The highest BCUT2D eigenvalue weighted by molar-refractivity contribution is 5.84. The number of hydrogen-bond acceptors (Lipinski definition) is 12. The van der Waals surface area contributed by atoms with Crippen LogP contribution < -0.4 is 26.6 Å². The van der Waals surface area contributed by atoms with Gasteiger partial charge in [0, 0.05) is 45.4 Å². The quantitative estimate of drug-likeness (QED) is 0.0359. The van der Waals surface area contributed by atoms with Gasteiger partial charge in [0.2, 0.25) is 23.6 Å². The molecule has 0 bridgehead atoms. The Morgan fingerprint density at radius 2 is 1.19 bits per heavy atom. The van der Waals surface area contributed by atoms with Crippen molar-refractivity contribution in [1.29, 1.82) is 0 Å². The van der Waals surface area contributed by atoms with Gasteiger partial charge in [-0.05, 0) is 37.1 Å². The molecule has 18 heteroatoms. The van der Waals surface area contributed by atoms with Crippen LogP contribution in [-0.4, -0.2) is 144 Å². The molecule has 0 saturated heterocycles. The van der Waals surface area contributed by atoms with E-state index in [4.69, 9.17) is 24.1 Å². The molecule has 0 fully saturated rings. The lowest BCUT2D eigenvalue weighted by Gasteiger charge is -2.30. The Balaban J connectivity index is 0. The van der Waals surface area contributed by atoms with E-state index >= 15 is 0 Å². The third-order valence-electron chi connectivity index (χ3n) is 7.36. The van der Waals surface area contributed by atoms with Crippen LogP contribution in [0.4, 0.5) is 0 Å². The number of likely N-dealkylation sites (N-methyl/N-ethyl adjacent to an activating group) is 1. The van der Waals surface area contributed by atoms with E-state index in [9.17, 15) is 38.7 Å². The van der Waals surface area contributed by atoms with Crippen molar-refractivity contribution in [2.24, 2.45) is 10.8 Å². The fraction of sp³-hybridized carbons (Fsp3) is 0.800. The molecule has 1 unspecified atom stereocenters. The zero-order valence-corrected chi connectivity index (χ0v) is 32.5. The third kappa shape index (κ3) is 35.1. The summed E-state index contributed by atoms with van der Waals surface area (Å²) < 4.78 is 20.7. The summed E-state index contributed by atoms with van der Waals surface area (Å²) in [5.41, 5.74) is -0.899. The highest BCUT2D eigenvalue weighted by atomic mass is 16.5. The summed E-state index contributed by atoms with van der Waals surface area (Å²) >= 11 is 0. The normalized spacial score (nSPS) is 11.7. The molecule has 18 nitrogen and oxygen atoms in total. The molecule has 1 atom stereocenters. The van der Waals surface area contributed by atoms with Crippen LogP contribution in [0.15, 0.2) is 0 Å². The van der Waals surface area contributed by atoms with Gasteiger partial charge in [-0.3, -0.25) is 24.0 Å². The van der Waals surface area contributed by atoms with Gasteiger partial charge in [0.05, 0.1) is 46.1 Å². The van der Waals surface area contributed by atoms with Crippen LogP contribution in [0.1, 0.15) is 79.6 Å². The fourth-order valence-electron chi connectivity index (χ4n) is 4.33. The van der Waals surface area contributed by atoms with Crippen molar-refractivity contribution in [2.75, 3.05) is 86.1 Å². The molecular formula is C35H65N5O13. The van der Waals surface area contributed by atoms with E-state index in [1.165, 1.54) is 0 Å². The van der Waals surface area contributed by atoms with Crippen LogP contribution in [0.25, 0.3) is 0 Å². The summed E-state index contributed by atoms with van der Waals surface area (Å²) in [5, 5.41) is 31.9. The molecule has 308 valence electrons. The number of carboxylic acids is 2. The third-order valence-corrected chi connectivity index (χ3v) is 7.36. The predicted octanol–water partition coefficient (Wildman–Crippen LogP) is 0.263. The molecule has 0 aliphatic carbocycles. The Bertz CT molecular complexity index is 1070. The van der Waals surface area contributed by atoms with Gasteiger partial charge in [-0.25, -0.2) is 4.79 Å². The highest BCUT2D eigenvalue weighted by Crippen LogP contribution is 2.35. The lowest BCUT2D eigenvalue weighted by Crippen LogP contribution is -2.43. The molecule has 0 heterocycles. The first-order valence-corrected chi connectivity index (χ1v) is 17.9. The van der Waals surface area contributed by atoms with Crippen molar-refractivity contribution >= 4 is 41.9 Å². The maximum Gasteiger partial charge on any atom is 0.326 e. The first-order chi connectivity index (χ1) is 25.0. The standard InChI is InChI=1S/C29H51N3O12.C6H14N2O/c1-28(2,7-8-29(3,4)20-26(37)38)19-24(35)32-22(27(39)40)5-6-23(34)30-9-12-42-17-18-44-21-25(36)31-10-13-41-15-16-43-14-11-33;1-3-6(9)8-5-4-7-2/h11,22H,5-10,12-21H2,1-4H3,(H,30,34)(H,31,36)(H,32,35)(H,37,38)(H,39,40);7H,3-5H2,1-2H3,(H,8,9). The molecule has 4 amide bonds. The number of carboxylic acid groups (broad SMARTS) is 2. The van der Waals surface area contributed by atoms with E-state index in [1.807, 2.05) is 41.7 Å². The minimum atomic E-state index is -1.24. The molecule has 0 aliphatic heterocycles. The second-order valence-electron chi connectivity index (χ2n) is 13.6. The van der Waals surface area contributed by atoms with Gasteiger partial charge in [-0.15, -0.1) is 0 Å². The molecule has 0 saturated carbocycles. The van der Waals surface area contributed by atoms with Crippen molar-refractivity contribution in [3.8, 4) is 0 Å². The predicted molar refractivity (Wildman–Crippen MR) is 195 cm³/mol. The molecule has 0 aromatic rings. The summed E-state index contributed by atoms with van der Waals surface area (Å²) in [4.78, 5) is 79.7. The number of aldehydes is 1. The zero-order chi connectivity index (χ0) is 40.5. The van der Waals surface area contributed by atoms with Crippen molar-refractivity contribution in [1.82, 2.24) is 26.6 Å². The summed E-state index contributed by atoms with van der Waals surface area (Å²) in [6, 6.07) is -1.22. The Morgan fingerprint density at radius 3 is 1.72 bits per heavy atom. The van der Waals surface area contributed by atoms with E-state index in [0.717, 1.165) is 13.1 Å². The molecule has 7 N–H and O–H groups in total. The minimum absolute atomic E-state index is 0.0148. The minimum Gasteiger partial charge on any atom is -0.481 e. The first kappa shape index (κ1) is 51.4. The summed E-state index contributed by atoms with van der Waals surface area (Å²) in [6.45, 7) is 12.7. The SMILES string of the molecule is CC(C)(CCC(C)(C)CC(=O)NC(CCC(=O)NCCOCCOCC(=O)NCCOCCOCC=O)C(=O)O)CC(=O)O.CCC(=O)NCCNC. The van der Waals surface area contributed by atoms with Crippen LogP contribution in [0.3, 0.4) is 0 Å². The molecular weight excluding hydrogens is 698 g/mol. The fourth-order valence-corrected chi connectivity index (χ4v) is 4.33. The summed E-state index contributed by atoms with van der Waals surface area (Å²) in [7, 11) is 1.86. The van der Waals surface area contributed by atoms with Crippen LogP contribution in [0.5, 0.6) is 0 Å². The van der Waals surface area contributed by atoms with Crippen LogP contribution in [-0.2, 0) is 52.5 Å². The number of amides is 4. The monoisotopic (exact) mass is 763 g/mol. The molecule has 0 aromatic heterocycles. The van der Waals surface area contributed by atoms with Gasteiger partial charge >= 0.3 is 11.9 Å². The van der Waals surface area contributed by atoms with E-state index in [2.05, 4.69) is 26.6 Å². The average molecular weight is 764 g/mol. The Morgan fingerprint density at radius 1 is 0.660 bits per heavy atom. The lowest BCUT2D eigenvalue weighted by molar-refractivity contribution is -0.142. The molecule has 0 aromatic carbocycles. The Labute approximate surface area is 313 Å². The Kier molecular flexibility index (Phi) is 30.8. The van der Waals surface area contributed by atoms with E-state index in [0.29, 0.717) is 51.9 Å². The van der Waals surface area contributed by atoms with Crippen molar-refractivity contribution in [2.45, 2.75) is 85.6 Å². The lowest BCUT2D eigenvalue weighted by atomic mass is 9.76. The molecule has 0 aliphatic rings. The molecule has 0 radical (unpaired) electrons. The summed E-state index contributed by atoms with van der Waals surface area (Å²) in [5.74, 6) is -3.16.